The van der Waals surface area contributed by atoms with Crippen LogP contribution in [0.2, 0.25) is 0 Å². The number of esters is 1. The molecular formula is C17H25NO2. The summed E-state index contributed by atoms with van der Waals surface area (Å²) in [6.45, 7) is 7.80. The molecule has 20 heavy (non-hydrogen) atoms. The average Bonchev–Trinajstić information content (AvgIpc) is 2.46. The van der Waals surface area contributed by atoms with Crippen molar-refractivity contribution in [3.8, 4) is 0 Å². The summed E-state index contributed by atoms with van der Waals surface area (Å²) in [5.74, 6) is -0.209. The van der Waals surface area contributed by atoms with Crippen LogP contribution >= 0.6 is 0 Å². The molecule has 3 heteroatoms. The molecule has 0 aromatic heterocycles. The number of methoxy groups -OCH3 is 1. The van der Waals surface area contributed by atoms with E-state index in [1.54, 1.807) is 0 Å². The van der Waals surface area contributed by atoms with Crippen molar-refractivity contribution in [2.75, 3.05) is 14.2 Å². The first-order valence-electron chi connectivity index (χ1n) is 6.92. The quantitative estimate of drug-likeness (QED) is 0.566. The Kier molecular flexibility index (Phi) is 5.96. The first kappa shape index (κ1) is 16.4. The van der Waals surface area contributed by atoms with Crippen LogP contribution in [0.15, 0.2) is 43.0 Å². The molecule has 0 spiro atoms. The van der Waals surface area contributed by atoms with Crippen LogP contribution in [0.25, 0.3) is 0 Å². The van der Waals surface area contributed by atoms with Gasteiger partial charge in [-0.05, 0) is 32.9 Å². The lowest BCUT2D eigenvalue weighted by Crippen LogP contribution is -2.55. The number of rotatable bonds is 7. The number of ether oxygens (including phenoxy) is 1. The lowest BCUT2D eigenvalue weighted by atomic mass is 9.89. The first-order chi connectivity index (χ1) is 9.45. The van der Waals surface area contributed by atoms with Crippen molar-refractivity contribution in [3.63, 3.8) is 0 Å². The fourth-order valence-electron chi connectivity index (χ4n) is 2.44. The van der Waals surface area contributed by atoms with Crippen LogP contribution < -0.4 is 0 Å². The van der Waals surface area contributed by atoms with E-state index in [0.29, 0.717) is 6.42 Å². The van der Waals surface area contributed by atoms with Crippen molar-refractivity contribution >= 4 is 5.97 Å². The predicted molar refractivity (Wildman–Crippen MR) is 82.6 cm³/mol. The second kappa shape index (κ2) is 7.25. The maximum Gasteiger partial charge on any atom is 0.326 e. The fourth-order valence-corrected chi connectivity index (χ4v) is 2.44. The molecule has 0 saturated carbocycles. The van der Waals surface area contributed by atoms with Gasteiger partial charge in [0, 0.05) is 12.5 Å². The highest BCUT2D eigenvalue weighted by molar-refractivity contribution is 5.80. The average molecular weight is 275 g/mol. The Bertz CT molecular complexity index is 444. The van der Waals surface area contributed by atoms with Crippen molar-refractivity contribution in [1.29, 1.82) is 0 Å². The third kappa shape index (κ3) is 3.70. The van der Waals surface area contributed by atoms with Gasteiger partial charge in [-0.15, -0.1) is 6.58 Å². The van der Waals surface area contributed by atoms with Crippen molar-refractivity contribution in [2.24, 2.45) is 0 Å². The van der Waals surface area contributed by atoms with Gasteiger partial charge in [0.2, 0.25) is 0 Å². The predicted octanol–water partition coefficient (Wildman–Crippen LogP) is 3.06. The van der Waals surface area contributed by atoms with Gasteiger partial charge in [0.15, 0.2) is 0 Å². The monoisotopic (exact) mass is 275 g/mol. The molecular weight excluding hydrogens is 250 g/mol. The summed E-state index contributed by atoms with van der Waals surface area (Å²) in [5, 5.41) is 0. The van der Waals surface area contributed by atoms with E-state index in [0.717, 1.165) is 12.0 Å². The van der Waals surface area contributed by atoms with Crippen LogP contribution in [-0.2, 0) is 16.0 Å². The first-order valence-corrected chi connectivity index (χ1v) is 6.92. The van der Waals surface area contributed by atoms with Crippen LogP contribution in [0.4, 0.5) is 0 Å². The summed E-state index contributed by atoms with van der Waals surface area (Å²) in [5.41, 5.74) is 0.441. The zero-order valence-electron chi connectivity index (χ0n) is 12.9. The number of carbonyl (C=O) groups excluding carboxylic acids is 1. The minimum Gasteiger partial charge on any atom is -0.468 e. The van der Waals surface area contributed by atoms with Crippen LogP contribution in [-0.4, -0.2) is 36.6 Å². The van der Waals surface area contributed by atoms with Gasteiger partial charge in [0.05, 0.1) is 7.11 Å². The van der Waals surface area contributed by atoms with Gasteiger partial charge in [-0.3, -0.25) is 9.69 Å². The number of likely N-dealkylation sites (N-methyl/N-ethyl adjacent to an activating group) is 1. The fraction of sp³-hybridized carbons (Fsp3) is 0.471. The molecule has 2 unspecified atom stereocenters. The molecule has 2 atom stereocenters. The van der Waals surface area contributed by atoms with Crippen molar-refractivity contribution in [2.45, 2.75) is 38.3 Å². The smallest absolute Gasteiger partial charge is 0.326 e. The minimum absolute atomic E-state index is 0.209. The van der Waals surface area contributed by atoms with Crippen LogP contribution in [0, 0.1) is 0 Å². The van der Waals surface area contributed by atoms with E-state index in [-0.39, 0.29) is 12.0 Å². The molecule has 1 aromatic rings. The lowest BCUT2D eigenvalue weighted by Gasteiger charge is -2.40. The molecule has 0 aliphatic heterocycles. The van der Waals surface area contributed by atoms with Crippen LogP contribution in [0.1, 0.15) is 25.8 Å². The maximum absolute atomic E-state index is 12.3. The standard InChI is InChI=1S/C17H25NO2/c1-6-10-14(2)18(4)17(3,16(19)20-5)13-15-11-8-7-9-12-15/h6-9,11-12,14H,1,10,13H2,2-5H3. The molecule has 1 aromatic carbocycles. The summed E-state index contributed by atoms with van der Waals surface area (Å²) < 4.78 is 5.03. The summed E-state index contributed by atoms with van der Waals surface area (Å²) >= 11 is 0. The highest BCUT2D eigenvalue weighted by Crippen LogP contribution is 2.24. The van der Waals surface area contributed by atoms with E-state index >= 15 is 0 Å². The van der Waals surface area contributed by atoms with E-state index < -0.39 is 5.54 Å². The van der Waals surface area contributed by atoms with Gasteiger partial charge in [-0.25, -0.2) is 0 Å². The van der Waals surface area contributed by atoms with Gasteiger partial charge in [0.25, 0.3) is 0 Å². The Hall–Kier alpha value is -1.61. The molecule has 0 aliphatic carbocycles. The van der Waals surface area contributed by atoms with Gasteiger partial charge >= 0.3 is 5.97 Å². The van der Waals surface area contributed by atoms with E-state index in [1.807, 2.05) is 50.4 Å². The van der Waals surface area contributed by atoms with Crippen LogP contribution in [0.5, 0.6) is 0 Å². The Morgan fingerprint density at radius 3 is 2.55 bits per heavy atom. The molecule has 0 aliphatic rings. The Morgan fingerprint density at radius 1 is 1.45 bits per heavy atom. The molecule has 0 radical (unpaired) electrons. The Balaban J connectivity index is 3.03. The van der Waals surface area contributed by atoms with E-state index in [2.05, 4.69) is 18.4 Å². The summed E-state index contributed by atoms with van der Waals surface area (Å²) in [6, 6.07) is 10.2. The van der Waals surface area contributed by atoms with Gasteiger partial charge in [-0.2, -0.15) is 0 Å². The Labute approximate surface area is 122 Å². The second-order valence-electron chi connectivity index (χ2n) is 5.41. The SMILES string of the molecule is C=CCC(C)N(C)C(C)(Cc1ccccc1)C(=O)OC. The number of carbonyl (C=O) groups is 1. The van der Waals surface area contributed by atoms with Gasteiger partial charge in [0.1, 0.15) is 5.54 Å². The largest absolute Gasteiger partial charge is 0.468 e. The molecule has 0 saturated heterocycles. The minimum atomic E-state index is -0.682. The number of hydrogen-bond acceptors (Lipinski definition) is 3. The third-order valence-electron chi connectivity index (χ3n) is 3.96. The highest BCUT2D eigenvalue weighted by Gasteiger charge is 2.40. The summed E-state index contributed by atoms with van der Waals surface area (Å²) in [7, 11) is 3.41. The van der Waals surface area contributed by atoms with E-state index in [1.165, 1.54) is 7.11 Å². The number of nitrogens with zero attached hydrogens (tertiary/aromatic N) is 1. The summed E-state index contributed by atoms with van der Waals surface area (Å²) in [4.78, 5) is 14.4. The topological polar surface area (TPSA) is 29.5 Å². The number of benzene rings is 1. The highest BCUT2D eigenvalue weighted by atomic mass is 16.5. The zero-order chi connectivity index (χ0) is 15.2. The molecule has 0 heterocycles. The van der Waals surface area contributed by atoms with Crippen molar-refractivity contribution < 1.29 is 9.53 Å². The number of hydrogen-bond donors (Lipinski definition) is 0. The molecule has 0 N–H and O–H groups in total. The van der Waals surface area contributed by atoms with Gasteiger partial charge < -0.3 is 4.74 Å². The molecule has 0 fully saturated rings. The maximum atomic E-state index is 12.3. The molecule has 110 valence electrons. The third-order valence-corrected chi connectivity index (χ3v) is 3.96. The van der Waals surface area contributed by atoms with Crippen molar-refractivity contribution in [3.05, 3.63) is 48.6 Å². The lowest BCUT2D eigenvalue weighted by molar-refractivity contribution is -0.154. The molecule has 1 rings (SSSR count). The molecule has 3 nitrogen and oxygen atoms in total. The second-order valence-corrected chi connectivity index (χ2v) is 5.41. The van der Waals surface area contributed by atoms with Crippen molar-refractivity contribution in [1.82, 2.24) is 4.90 Å². The summed E-state index contributed by atoms with van der Waals surface area (Å²) in [6.07, 6.45) is 3.33. The molecule has 0 bridgehead atoms. The van der Waals surface area contributed by atoms with Crippen LogP contribution in [0.3, 0.4) is 0 Å². The normalized spacial score (nSPS) is 15.4. The van der Waals surface area contributed by atoms with E-state index in [9.17, 15) is 4.79 Å². The molecule has 0 amide bonds. The zero-order valence-corrected chi connectivity index (χ0v) is 12.9. The Morgan fingerprint density at radius 2 is 2.05 bits per heavy atom. The van der Waals surface area contributed by atoms with E-state index in [4.69, 9.17) is 4.74 Å². The van der Waals surface area contributed by atoms with Gasteiger partial charge in [-0.1, -0.05) is 36.4 Å².